The zero-order valence-corrected chi connectivity index (χ0v) is 34.6. The molecule has 2 aromatic heterocycles. The van der Waals surface area contributed by atoms with E-state index in [0.29, 0.717) is 16.4 Å². The van der Waals surface area contributed by atoms with E-state index < -0.39 is 0 Å². The maximum absolute atomic E-state index is 13.7. The molecule has 6 heterocycles. The molecule has 2 fully saturated rings. The van der Waals surface area contributed by atoms with Crippen LogP contribution in [0.25, 0.3) is 11.1 Å². The summed E-state index contributed by atoms with van der Waals surface area (Å²) >= 11 is 3.10. The van der Waals surface area contributed by atoms with Crippen molar-refractivity contribution in [2.24, 2.45) is 0 Å². The van der Waals surface area contributed by atoms with E-state index in [1.54, 1.807) is 11.3 Å². The number of hydrogen-bond donors (Lipinski definition) is 1. The number of Topliss-reactive ketones (excluding diaryl/α,β-unsaturated/α-hetero) is 1. The smallest absolute Gasteiger partial charge is 0.284 e. The lowest BCUT2D eigenvalue weighted by molar-refractivity contribution is 0.0359. The number of amides is 1. The monoisotopic (exact) mass is 797 g/mol. The number of benzene rings is 2. The second-order valence-electron chi connectivity index (χ2n) is 15.6. The Labute approximate surface area is 339 Å². The fourth-order valence-corrected chi connectivity index (χ4v) is 10.6. The highest BCUT2D eigenvalue weighted by atomic mass is 32.1. The van der Waals surface area contributed by atoms with E-state index in [1.165, 1.54) is 21.1 Å². The molecule has 2 saturated heterocycles. The number of ketones is 1. The highest BCUT2D eigenvalue weighted by molar-refractivity contribution is 7.14. The number of nitrogens with one attached hydrogen (secondary N) is 1. The topological polar surface area (TPSA) is 103 Å². The van der Waals surface area contributed by atoms with Crippen LogP contribution in [0.2, 0.25) is 0 Å². The van der Waals surface area contributed by atoms with Crippen molar-refractivity contribution in [2.75, 3.05) is 97.2 Å². The van der Waals surface area contributed by atoms with E-state index in [0.717, 1.165) is 176 Å². The molecule has 13 heteroatoms. The molecule has 0 unspecified atom stereocenters. The van der Waals surface area contributed by atoms with Gasteiger partial charge in [-0.1, -0.05) is 30.3 Å². The van der Waals surface area contributed by atoms with E-state index in [9.17, 15) is 9.59 Å². The molecule has 0 saturated carbocycles. The minimum absolute atomic E-state index is 0.0727. The van der Waals surface area contributed by atoms with Crippen LogP contribution in [0.3, 0.4) is 0 Å². The summed E-state index contributed by atoms with van der Waals surface area (Å²) in [5.41, 5.74) is 8.10. The molecule has 1 amide bonds. The van der Waals surface area contributed by atoms with Gasteiger partial charge in [0.15, 0.2) is 15.8 Å². The molecule has 0 atom stereocenters. The zero-order valence-electron chi connectivity index (χ0n) is 32.9. The molecule has 4 aliphatic rings. The zero-order chi connectivity index (χ0) is 38.4. The largest absolute Gasteiger partial charge is 0.379 e. The molecule has 4 aliphatic heterocycles. The molecule has 0 bridgehead atoms. The lowest BCUT2D eigenvalue weighted by Gasteiger charge is -2.29. The Morgan fingerprint density at radius 1 is 0.661 bits per heavy atom. The van der Waals surface area contributed by atoms with Crippen LogP contribution in [0.15, 0.2) is 36.4 Å². The summed E-state index contributed by atoms with van der Waals surface area (Å²) < 4.78 is 11.0. The summed E-state index contributed by atoms with van der Waals surface area (Å²) in [4.78, 5) is 49.3. The van der Waals surface area contributed by atoms with Gasteiger partial charge in [-0.3, -0.25) is 29.2 Å². The van der Waals surface area contributed by atoms with Crippen LogP contribution in [0.1, 0.15) is 70.3 Å². The van der Waals surface area contributed by atoms with Gasteiger partial charge in [0.2, 0.25) is 0 Å². The van der Waals surface area contributed by atoms with Gasteiger partial charge in [-0.2, -0.15) is 0 Å². The Balaban J connectivity index is 0.870. The first-order valence-electron chi connectivity index (χ1n) is 20.4. The van der Waals surface area contributed by atoms with Crippen LogP contribution in [0.4, 0.5) is 5.69 Å². The highest BCUT2D eigenvalue weighted by Crippen LogP contribution is 2.34. The van der Waals surface area contributed by atoms with E-state index in [4.69, 9.17) is 19.4 Å². The number of nitrogens with zero attached hydrogens (tertiary/aromatic N) is 6. The summed E-state index contributed by atoms with van der Waals surface area (Å²) in [5.74, 6) is -0.0923. The van der Waals surface area contributed by atoms with Crippen molar-refractivity contribution in [3.05, 3.63) is 84.2 Å². The molecule has 8 rings (SSSR count). The van der Waals surface area contributed by atoms with E-state index >= 15 is 0 Å². The third-order valence-corrected chi connectivity index (χ3v) is 14.0. The van der Waals surface area contributed by atoms with Crippen molar-refractivity contribution in [3.63, 3.8) is 0 Å². The van der Waals surface area contributed by atoms with Crippen molar-refractivity contribution in [2.45, 2.75) is 59.0 Å². The lowest BCUT2D eigenvalue weighted by atomic mass is 9.91. The van der Waals surface area contributed by atoms with Crippen LogP contribution >= 0.6 is 22.7 Å². The van der Waals surface area contributed by atoms with Crippen molar-refractivity contribution in [3.8, 4) is 11.1 Å². The molecule has 56 heavy (non-hydrogen) atoms. The van der Waals surface area contributed by atoms with Gasteiger partial charge in [-0.25, -0.2) is 9.97 Å². The first-order valence-corrected chi connectivity index (χ1v) is 22.1. The first-order chi connectivity index (χ1) is 27.4. The Morgan fingerprint density at radius 2 is 1.18 bits per heavy atom. The Hall–Kier alpha value is -3.40. The predicted molar refractivity (Wildman–Crippen MR) is 223 cm³/mol. The maximum atomic E-state index is 13.7. The lowest BCUT2D eigenvalue weighted by Crippen LogP contribution is -2.38. The number of morpholine rings is 2. The number of anilines is 1. The normalized spacial score (nSPS) is 18.5. The third kappa shape index (κ3) is 9.48. The molecule has 1 N–H and O–H groups in total. The third-order valence-electron chi connectivity index (χ3n) is 11.8. The predicted octanol–water partition coefficient (Wildman–Crippen LogP) is 5.72. The summed E-state index contributed by atoms with van der Waals surface area (Å²) in [7, 11) is 0. The average molecular weight is 798 g/mol. The minimum atomic E-state index is -0.165. The van der Waals surface area contributed by atoms with Gasteiger partial charge in [0.05, 0.1) is 37.8 Å². The molecule has 11 nitrogen and oxygen atoms in total. The first kappa shape index (κ1) is 39.4. The number of ether oxygens (including phenoxy) is 2. The van der Waals surface area contributed by atoms with Crippen LogP contribution in [-0.4, -0.2) is 133 Å². The summed E-state index contributed by atoms with van der Waals surface area (Å²) in [5, 5.41) is 4.32. The highest BCUT2D eigenvalue weighted by Gasteiger charge is 2.26. The molecule has 298 valence electrons. The van der Waals surface area contributed by atoms with E-state index in [2.05, 4.69) is 57.0 Å². The molecular formula is C43H55N7O4S2. The van der Waals surface area contributed by atoms with Crippen molar-refractivity contribution < 1.29 is 19.1 Å². The van der Waals surface area contributed by atoms with E-state index in [1.807, 2.05) is 18.2 Å². The minimum Gasteiger partial charge on any atom is -0.379 e. The van der Waals surface area contributed by atoms with Crippen molar-refractivity contribution in [1.29, 1.82) is 0 Å². The van der Waals surface area contributed by atoms with E-state index in [-0.39, 0.29) is 11.7 Å². The molecular weight excluding hydrogens is 743 g/mol. The van der Waals surface area contributed by atoms with Gasteiger partial charge in [0.1, 0.15) is 0 Å². The Kier molecular flexibility index (Phi) is 13.0. The fourth-order valence-electron chi connectivity index (χ4n) is 8.43. The number of aromatic nitrogens is 2. The number of thiazole rings is 2. The maximum Gasteiger partial charge on any atom is 0.284 e. The van der Waals surface area contributed by atoms with Crippen LogP contribution < -0.4 is 5.32 Å². The number of carbonyl (C=O) groups excluding carboxylic acids is 2. The van der Waals surface area contributed by atoms with Gasteiger partial charge in [0.25, 0.3) is 5.91 Å². The molecule has 0 spiro atoms. The van der Waals surface area contributed by atoms with Gasteiger partial charge in [0, 0.05) is 87.1 Å². The number of carbonyl (C=O) groups is 2. The SMILES string of the molecule is Cc1c(CC(=O)c2nc3c(s2)CN(CCCN2CCOCC2)CC3)cccc1-c1cccc(NC(=O)c2nc3c(s2)CN(CCCN2CCOCC2)CC3)c1C. The Morgan fingerprint density at radius 3 is 1.79 bits per heavy atom. The average Bonchev–Trinajstić information content (AvgIpc) is 3.85. The van der Waals surface area contributed by atoms with Crippen LogP contribution in [0, 0.1) is 13.8 Å². The van der Waals surface area contributed by atoms with Gasteiger partial charge in [-0.05, 0) is 86.8 Å². The Bertz CT molecular complexity index is 1860. The molecule has 4 aromatic rings. The van der Waals surface area contributed by atoms with Crippen molar-refractivity contribution >= 4 is 40.1 Å². The quantitative estimate of drug-likeness (QED) is 0.160. The molecule has 2 aromatic carbocycles. The standard InChI is InChI=1S/C43H55N7O4S2/c1-30-32(27-38(51)42-45-36-11-17-49(28-39(36)55-42)15-5-13-47-19-23-53-24-20-47)7-3-8-33(30)34-9-4-10-35(31(34)2)44-41(52)43-46-37-12-18-50(29-40(37)56-43)16-6-14-48-21-25-54-26-22-48/h3-4,7-10H,5-6,11-29H2,1-2H3,(H,44,52). The fraction of sp³-hybridized carbons (Fsp3) is 0.535. The molecule has 0 aliphatic carbocycles. The van der Waals surface area contributed by atoms with Crippen LogP contribution in [0.5, 0.6) is 0 Å². The second-order valence-corrected chi connectivity index (χ2v) is 17.7. The number of rotatable bonds is 14. The number of hydrogen-bond acceptors (Lipinski definition) is 12. The second kappa shape index (κ2) is 18.5. The summed E-state index contributed by atoms with van der Waals surface area (Å²) in [6.07, 6.45) is 4.37. The van der Waals surface area contributed by atoms with Gasteiger partial charge >= 0.3 is 0 Å². The van der Waals surface area contributed by atoms with Crippen molar-refractivity contribution in [1.82, 2.24) is 29.6 Å². The summed E-state index contributed by atoms with van der Waals surface area (Å²) in [6.45, 7) is 19.7. The summed E-state index contributed by atoms with van der Waals surface area (Å²) in [6, 6.07) is 12.2. The molecule has 0 radical (unpaired) electrons. The van der Waals surface area contributed by atoms with Crippen LogP contribution in [-0.2, 0) is 41.8 Å². The number of fused-ring (bicyclic) bond motifs is 2. The van der Waals surface area contributed by atoms with Gasteiger partial charge < -0.3 is 14.8 Å². The van der Waals surface area contributed by atoms with Gasteiger partial charge in [-0.15, -0.1) is 22.7 Å².